The van der Waals surface area contributed by atoms with Crippen molar-refractivity contribution in [1.29, 1.82) is 0 Å². The summed E-state index contributed by atoms with van der Waals surface area (Å²) in [4.78, 5) is 12.6. The van der Waals surface area contributed by atoms with Crippen LogP contribution in [0.25, 0.3) is 0 Å². The van der Waals surface area contributed by atoms with Crippen LogP contribution in [0, 0.1) is 0 Å². The van der Waals surface area contributed by atoms with E-state index >= 15 is 0 Å². The lowest BCUT2D eigenvalue weighted by molar-refractivity contribution is 0.171. The largest absolute Gasteiger partial charge is 0.493 e. The third-order valence-electron chi connectivity index (χ3n) is 4.69. The number of hydrogen-bond acceptors (Lipinski definition) is 5. The molecule has 0 aliphatic carbocycles. The minimum Gasteiger partial charge on any atom is -0.493 e. The molecule has 0 saturated carbocycles. The smallest absolute Gasteiger partial charge is 0.323 e. The van der Waals surface area contributed by atoms with E-state index < -0.39 is 0 Å². The van der Waals surface area contributed by atoms with Gasteiger partial charge in [-0.2, -0.15) is 0 Å². The molecule has 2 aromatic carbocycles. The Morgan fingerprint density at radius 1 is 0.808 bits per heavy atom. The van der Waals surface area contributed by atoms with Gasteiger partial charge in [-0.15, -0.1) is 0 Å². The molecule has 0 spiro atoms. The fourth-order valence-corrected chi connectivity index (χ4v) is 3.51. The molecule has 7 nitrogen and oxygen atoms in total. The summed E-state index contributed by atoms with van der Waals surface area (Å²) >= 11 is 0. The number of carbonyl (C=O) groups excluding carboxylic acids is 1. The van der Waals surface area contributed by atoms with Crippen LogP contribution < -0.4 is 29.6 Å². The Morgan fingerprint density at radius 2 is 1.62 bits per heavy atom. The standard InChI is InChI=1S/C19H18N2O5/c22-19(20-12-1-2-14-16(10-12)25-8-7-24-14)21-17-13-4-6-23-15(13)9-11-3-5-26-18(11)17/h1-2,9-10H,3-8H2,(H2,20,21,22). The van der Waals surface area contributed by atoms with Crippen molar-refractivity contribution < 1.29 is 23.7 Å². The summed E-state index contributed by atoms with van der Waals surface area (Å²) in [7, 11) is 0. The second-order valence-corrected chi connectivity index (χ2v) is 6.35. The molecule has 7 heteroatoms. The predicted octanol–water partition coefficient (Wildman–Crippen LogP) is 2.97. The van der Waals surface area contributed by atoms with E-state index in [4.69, 9.17) is 18.9 Å². The average Bonchev–Trinajstić information content (AvgIpc) is 3.30. The van der Waals surface area contributed by atoms with Crippen LogP contribution in [0.4, 0.5) is 16.2 Å². The lowest BCUT2D eigenvalue weighted by Crippen LogP contribution is -2.21. The fraction of sp³-hybridized carbons (Fsp3) is 0.316. The lowest BCUT2D eigenvalue weighted by Gasteiger charge is -2.19. The van der Waals surface area contributed by atoms with Crippen molar-refractivity contribution >= 4 is 17.4 Å². The van der Waals surface area contributed by atoms with E-state index in [0.717, 1.165) is 35.5 Å². The molecule has 5 rings (SSSR count). The molecule has 0 saturated heterocycles. The Morgan fingerprint density at radius 3 is 2.54 bits per heavy atom. The minimum absolute atomic E-state index is 0.334. The Labute approximate surface area is 150 Å². The van der Waals surface area contributed by atoms with Gasteiger partial charge in [-0.1, -0.05) is 0 Å². The van der Waals surface area contributed by atoms with Gasteiger partial charge in [0, 0.05) is 35.7 Å². The number of anilines is 2. The first-order valence-electron chi connectivity index (χ1n) is 8.70. The van der Waals surface area contributed by atoms with Crippen LogP contribution in [0.3, 0.4) is 0 Å². The number of hydrogen-bond donors (Lipinski definition) is 2. The zero-order chi connectivity index (χ0) is 17.5. The van der Waals surface area contributed by atoms with Gasteiger partial charge in [0.2, 0.25) is 0 Å². The fourth-order valence-electron chi connectivity index (χ4n) is 3.51. The maximum absolute atomic E-state index is 12.6. The van der Waals surface area contributed by atoms with E-state index in [1.54, 1.807) is 18.2 Å². The maximum atomic E-state index is 12.6. The van der Waals surface area contributed by atoms with Gasteiger partial charge >= 0.3 is 6.03 Å². The zero-order valence-corrected chi connectivity index (χ0v) is 14.1. The van der Waals surface area contributed by atoms with Crippen molar-refractivity contribution in [3.63, 3.8) is 0 Å². The van der Waals surface area contributed by atoms with Crippen LogP contribution in [0.5, 0.6) is 23.0 Å². The molecular formula is C19H18N2O5. The third-order valence-corrected chi connectivity index (χ3v) is 4.69. The Kier molecular flexibility index (Phi) is 3.51. The highest BCUT2D eigenvalue weighted by Gasteiger charge is 2.27. The number of benzene rings is 2. The molecule has 3 aliphatic heterocycles. The summed E-state index contributed by atoms with van der Waals surface area (Å²) in [6.45, 7) is 2.28. The van der Waals surface area contributed by atoms with Gasteiger partial charge in [0.15, 0.2) is 11.5 Å². The van der Waals surface area contributed by atoms with Crippen LogP contribution in [0.1, 0.15) is 11.1 Å². The lowest BCUT2D eigenvalue weighted by atomic mass is 10.0. The summed E-state index contributed by atoms with van der Waals surface area (Å²) < 4.78 is 22.5. The molecule has 0 aromatic heterocycles. The molecular weight excluding hydrogens is 336 g/mol. The molecule has 2 aromatic rings. The van der Waals surface area contributed by atoms with Crippen molar-refractivity contribution in [2.45, 2.75) is 12.8 Å². The molecule has 0 fully saturated rings. The number of nitrogens with one attached hydrogen (secondary N) is 2. The monoisotopic (exact) mass is 354 g/mol. The zero-order valence-electron chi connectivity index (χ0n) is 14.1. The molecule has 0 atom stereocenters. The highest BCUT2D eigenvalue weighted by Crippen LogP contribution is 2.44. The van der Waals surface area contributed by atoms with E-state index in [2.05, 4.69) is 10.6 Å². The normalized spacial score (nSPS) is 16.2. The molecule has 3 aliphatic rings. The molecule has 0 radical (unpaired) electrons. The SMILES string of the molecule is O=C(Nc1ccc2c(c1)OCCO2)Nc1c2c(cc3c1OCC3)OCC2. The Bertz CT molecular complexity index is 864. The van der Waals surface area contributed by atoms with E-state index in [1.807, 2.05) is 6.07 Å². The van der Waals surface area contributed by atoms with Crippen molar-refractivity contribution in [2.75, 3.05) is 37.1 Å². The minimum atomic E-state index is -0.334. The first-order valence-corrected chi connectivity index (χ1v) is 8.70. The van der Waals surface area contributed by atoms with Crippen LogP contribution >= 0.6 is 0 Å². The second kappa shape index (κ2) is 6.01. The average molecular weight is 354 g/mol. The topological polar surface area (TPSA) is 78.1 Å². The van der Waals surface area contributed by atoms with Crippen LogP contribution in [0.15, 0.2) is 24.3 Å². The molecule has 26 heavy (non-hydrogen) atoms. The number of urea groups is 1. The van der Waals surface area contributed by atoms with Crippen molar-refractivity contribution in [3.05, 3.63) is 35.4 Å². The van der Waals surface area contributed by atoms with Crippen molar-refractivity contribution in [3.8, 4) is 23.0 Å². The molecule has 0 bridgehead atoms. The molecule has 0 unspecified atom stereocenters. The number of fused-ring (bicyclic) bond motifs is 3. The summed E-state index contributed by atoms with van der Waals surface area (Å²) in [6.07, 6.45) is 1.58. The maximum Gasteiger partial charge on any atom is 0.323 e. The molecule has 2 amide bonds. The van der Waals surface area contributed by atoms with E-state index in [9.17, 15) is 4.79 Å². The third kappa shape index (κ3) is 2.56. The summed E-state index contributed by atoms with van der Waals surface area (Å²) in [5.74, 6) is 2.91. The quantitative estimate of drug-likeness (QED) is 0.867. The first kappa shape index (κ1) is 15.2. The van der Waals surface area contributed by atoms with Gasteiger partial charge in [0.1, 0.15) is 24.7 Å². The van der Waals surface area contributed by atoms with Crippen LogP contribution in [-0.4, -0.2) is 32.5 Å². The van der Waals surface area contributed by atoms with Gasteiger partial charge < -0.3 is 29.6 Å². The number of amides is 2. The highest BCUT2D eigenvalue weighted by atomic mass is 16.6. The molecule has 3 heterocycles. The van der Waals surface area contributed by atoms with E-state index in [-0.39, 0.29) is 6.03 Å². The van der Waals surface area contributed by atoms with E-state index in [1.165, 1.54) is 0 Å². The number of rotatable bonds is 2. The van der Waals surface area contributed by atoms with Crippen molar-refractivity contribution in [2.24, 2.45) is 0 Å². The summed E-state index contributed by atoms with van der Waals surface area (Å²) in [5.41, 5.74) is 3.40. The van der Waals surface area contributed by atoms with Gasteiger partial charge in [0.25, 0.3) is 0 Å². The van der Waals surface area contributed by atoms with E-state index in [0.29, 0.717) is 49.3 Å². The summed E-state index contributed by atoms with van der Waals surface area (Å²) in [6, 6.07) is 7.02. The Balaban J connectivity index is 1.38. The van der Waals surface area contributed by atoms with Crippen LogP contribution in [0.2, 0.25) is 0 Å². The van der Waals surface area contributed by atoms with Crippen molar-refractivity contribution in [1.82, 2.24) is 0 Å². The Hall–Kier alpha value is -3.09. The second-order valence-electron chi connectivity index (χ2n) is 6.35. The predicted molar refractivity (Wildman–Crippen MR) is 94.9 cm³/mol. The molecule has 134 valence electrons. The number of ether oxygens (including phenoxy) is 4. The van der Waals surface area contributed by atoms with Gasteiger partial charge in [0.05, 0.1) is 18.9 Å². The van der Waals surface area contributed by atoms with Gasteiger partial charge in [-0.3, -0.25) is 0 Å². The first-order chi connectivity index (χ1) is 12.8. The van der Waals surface area contributed by atoms with Gasteiger partial charge in [-0.05, 0) is 18.2 Å². The van der Waals surface area contributed by atoms with Crippen LogP contribution in [-0.2, 0) is 12.8 Å². The number of carbonyl (C=O) groups is 1. The van der Waals surface area contributed by atoms with Gasteiger partial charge in [-0.25, -0.2) is 4.79 Å². The summed E-state index contributed by atoms with van der Waals surface area (Å²) in [5, 5.41) is 5.79. The molecule has 2 N–H and O–H groups in total. The highest BCUT2D eigenvalue weighted by molar-refractivity contribution is 6.02.